The van der Waals surface area contributed by atoms with E-state index in [1.165, 1.54) is 32.4 Å². The molecule has 2 heterocycles. The van der Waals surface area contributed by atoms with E-state index in [9.17, 15) is 24.3 Å². The number of aromatic nitrogens is 1. The zero-order chi connectivity index (χ0) is 25.6. The molecule has 1 aromatic rings. The second-order valence-electron chi connectivity index (χ2n) is 8.30. The molecule has 11 heteroatoms. The molecule has 0 radical (unpaired) electrons. The molecule has 1 aliphatic heterocycles. The Morgan fingerprint density at radius 2 is 1.83 bits per heavy atom. The largest absolute Gasteiger partial charge is 0.493 e. The second-order valence-corrected chi connectivity index (χ2v) is 8.30. The number of nitrogens with zero attached hydrogens (tertiary/aromatic N) is 1. The van der Waals surface area contributed by atoms with Crippen LogP contribution >= 0.6 is 0 Å². The van der Waals surface area contributed by atoms with Gasteiger partial charge in [-0.1, -0.05) is 19.1 Å². The minimum absolute atomic E-state index is 0.0103. The van der Waals surface area contributed by atoms with Gasteiger partial charge in [0.1, 0.15) is 17.4 Å². The molecule has 1 aromatic heterocycles. The molecule has 0 amide bonds. The first kappa shape index (κ1) is 24.0. The highest BCUT2D eigenvalue weighted by Gasteiger charge is 2.44. The summed E-state index contributed by atoms with van der Waals surface area (Å²) in [5.74, 6) is -3.66. The van der Waals surface area contributed by atoms with Gasteiger partial charge in [0, 0.05) is 17.5 Å². The summed E-state index contributed by atoms with van der Waals surface area (Å²) in [6.07, 6.45) is 4.70. The number of Topliss-reactive ketones (excluding diaryl/α,β-unsaturated/α-hetero) is 3. The van der Waals surface area contributed by atoms with E-state index in [0.29, 0.717) is 5.57 Å². The molecule has 4 unspecified atom stereocenters. The van der Waals surface area contributed by atoms with Crippen LogP contribution in [0.2, 0.25) is 0 Å². The highest BCUT2D eigenvalue weighted by molar-refractivity contribution is 6.25. The monoisotopic (exact) mass is 480 g/mol. The molecule has 1 fully saturated rings. The SMILES string of the molecule is COC1=CC=CC(=C2C(C)C(C(=O)O)NC(c3ccc4c(n3)C(=O)C(N)=C(OC)C4=O)C2N)C1=O. The zero-order valence-electron chi connectivity index (χ0n) is 19.2. The van der Waals surface area contributed by atoms with Gasteiger partial charge < -0.3 is 26.0 Å². The summed E-state index contributed by atoms with van der Waals surface area (Å²) in [6.45, 7) is 1.66. The number of methoxy groups -OCH3 is 2. The van der Waals surface area contributed by atoms with Gasteiger partial charge in [0.25, 0.3) is 0 Å². The third kappa shape index (κ3) is 3.74. The highest BCUT2D eigenvalue weighted by atomic mass is 16.5. The van der Waals surface area contributed by atoms with E-state index in [0.717, 1.165) is 0 Å². The normalized spacial score (nSPS) is 28.6. The van der Waals surface area contributed by atoms with E-state index in [1.807, 2.05) is 0 Å². The molecule has 0 saturated carbocycles. The van der Waals surface area contributed by atoms with Gasteiger partial charge in [0.2, 0.25) is 17.3 Å². The Morgan fingerprint density at radius 3 is 2.46 bits per heavy atom. The number of nitrogens with two attached hydrogens (primary N) is 2. The number of carboxylic acid groups (broad SMARTS) is 1. The number of carbonyl (C=O) groups is 4. The molecule has 4 atom stereocenters. The summed E-state index contributed by atoms with van der Waals surface area (Å²) in [5, 5.41) is 12.9. The Labute approximate surface area is 200 Å². The fourth-order valence-electron chi connectivity index (χ4n) is 4.67. The van der Waals surface area contributed by atoms with E-state index < -0.39 is 47.4 Å². The van der Waals surface area contributed by atoms with Crippen molar-refractivity contribution in [3.63, 3.8) is 0 Å². The predicted molar refractivity (Wildman–Crippen MR) is 122 cm³/mol. The number of fused-ring (bicyclic) bond motifs is 1. The summed E-state index contributed by atoms with van der Waals surface area (Å²) in [4.78, 5) is 54.9. The number of rotatable bonds is 4. The molecule has 35 heavy (non-hydrogen) atoms. The summed E-state index contributed by atoms with van der Waals surface area (Å²) < 4.78 is 10.1. The molecule has 11 nitrogen and oxygen atoms in total. The van der Waals surface area contributed by atoms with E-state index in [4.69, 9.17) is 20.9 Å². The molecule has 3 aliphatic rings. The van der Waals surface area contributed by atoms with Crippen LogP contribution in [0.25, 0.3) is 0 Å². The lowest BCUT2D eigenvalue weighted by molar-refractivity contribution is -0.141. The molecule has 0 aromatic carbocycles. The first-order chi connectivity index (χ1) is 16.6. The van der Waals surface area contributed by atoms with Crippen LogP contribution in [0.3, 0.4) is 0 Å². The first-order valence-electron chi connectivity index (χ1n) is 10.7. The van der Waals surface area contributed by atoms with Crippen LogP contribution in [0.1, 0.15) is 39.5 Å². The maximum absolute atomic E-state index is 13.0. The third-order valence-corrected chi connectivity index (χ3v) is 6.44. The quantitative estimate of drug-likeness (QED) is 0.435. The number of ether oxygens (including phenoxy) is 2. The topological polar surface area (TPSA) is 184 Å². The van der Waals surface area contributed by atoms with Crippen molar-refractivity contribution in [2.45, 2.75) is 25.0 Å². The summed E-state index contributed by atoms with van der Waals surface area (Å²) >= 11 is 0. The summed E-state index contributed by atoms with van der Waals surface area (Å²) in [6, 6.07) is -0.0129. The van der Waals surface area contributed by atoms with Crippen molar-refractivity contribution in [1.29, 1.82) is 0 Å². The van der Waals surface area contributed by atoms with Gasteiger partial charge in [0.05, 0.1) is 31.5 Å². The number of hydrogen-bond acceptors (Lipinski definition) is 10. The molecular weight excluding hydrogens is 456 g/mol. The fourth-order valence-corrected chi connectivity index (χ4v) is 4.67. The van der Waals surface area contributed by atoms with E-state index >= 15 is 0 Å². The van der Waals surface area contributed by atoms with Crippen LogP contribution in [0, 0.1) is 5.92 Å². The molecule has 0 bridgehead atoms. The van der Waals surface area contributed by atoms with E-state index in [2.05, 4.69) is 10.3 Å². The Balaban J connectivity index is 1.83. The Hall–Kier alpha value is -4.09. The number of hydrogen-bond donors (Lipinski definition) is 4. The van der Waals surface area contributed by atoms with Gasteiger partial charge in [0.15, 0.2) is 11.5 Å². The van der Waals surface area contributed by atoms with Gasteiger partial charge in [-0.25, -0.2) is 4.98 Å². The Morgan fingerprint density at radius 1 is 1.11 bits per heavy atom. The number of nitrogens with one attached hydrogen (secondary N) is 1. The van der Waals surface area contributed by atoms with Crippen molar-refractivity contribution in [3.05, 3.63) is 75.7 Å². The fraction of sp³-hybridized carbons (Fsp3) is 0.292. The van der Waals surface area contributed by atoms with Crippen LogP contribution in [-0.2, 0) is 19.1 Å². The van der Waals surface area contributed by atoms with Crippen LogP contribution in [0.15, 0.2) is 58.7 Å². The van der Waals surface area contributed by atoms with E-state index in [1.54, 1.807) is 19.1 Å². The van der Waals surface area contributed by atoms with Crippen LogP contribution < -0.4 is 16.8 Å². The molecular formula is C24H24N4O7. The number of aliphatic carboxylic acids is 1. The number of carboxylic acids is 1. The number of piperidine rings is 1. The standard InChI is InChI=1S/C24H24N4O7/c1-9-14(10-5-4-6-13(34-2)20(10)29)15(25)19(28-17(9)24(32)33)12-8-7-11-18(27-12)22(31)16(26)23(35-3)21(11)30/h4-9,15,17,19,28H,25-26H2,1-3H3,(H,32,33). The van der Waals surface area contributed by atoms with Crippen LogP contribution in [0.5, 0.6) is 0 Å². The molecule has 4 rings (SSSR count). The highest BCUT2D eigenvalue weighted by Crippen LogP contribution is 2.37. The molecule has 1 saturated heterocycles. The molecule has 6 N–H and O–H groups in total. The van der Waals surface area contributed by atoms with E-state index in [-0.39, 0.29) is 39.7 Å². The van der Waals surface area contributed by atoms with Crippen molar-refractivity contribution in [1.82, 2.24) is 10.3 Å². The number of carbonyl (C=O) groups excluding carboxylic acids is 3. The summed E-state index contributed by atoms with van der Waals surface area (Å²) in [7, 11) is 2.60. The van der Waals surface area contributed by atoms with Crippen molar-refractivity contribution in [3.8, 4) is 0 Å². The van der Waals surface area contributed by atoms with Gasteiger partial charge in [-0.3, -0.25) is 24.5 Å². The minimum Gasteiger partial charge on any atom is -0.493 e. The Kier molecular flexibility index (Phi) is 6.14. The summed E-state index contributed by atoms with van der Waals surface area (Å²) in [5.41, 5.74) is 12.7. The minimum atomic E-state index is -1.15. The smallest absolute Gasteiger partial charge is 0.321 e. The molecule has 0 spiro atoms. The van der Waals surface area contributed by atoms with Gasteiger partial charge in [-0.2, -0.15) is 0 Å². The van der Waals surface area contributed by atoms with Gasteiger partial charge in [-0.05, 0) is 23.8 Å². The van der Waals surface area contributed by atoms with Gasteiger partial charge >= 0.3 is 5.97 Å². The number of ketones is 3. The zero-order valence-corrected chi connectivity index (χ0v) is 19.2. The van der Waals surface area contributed by atoms with Gasteiger partial charge in [-0.15, -0.1) is 0 Å². The number of allylic oxidation sites excluding steroid dienone is 6. The first-order valence-corrected chi connectivity index (χ1v) is 10.7. The molecule has 2 aliphatic carbocycles. The lowest BCUT2D eigenvalue weighted by atomic mass is 9.75. The van der Waals surface area contributed by atoms with Crippen molar-refractivity contribution >= 4 is 23.3 Å². The lowest BCUT2D eigenvalue weighted by Crippen LogP contribution is -2.57. The maximum atomic E-state index is 13.0. The maximum Gasteiger partial charge on any atom is 0.321 e. The van der Waals surface area contributed by atoms with Crippen molar-refractivity contribution < 1.29 is 33.8 Å². The number of pyridine rings is 1. The van der Waals surface area contributed by atoms with Crippen LogP contribution in [0.4, 0.5) is 0 Å². The average molecular weight is 480 g/mol. The van der Waals surface area contributed by atoms with Crippen molar-refractivity contribution in [2.24, 2.45) is 17.4 Å². The Bertz CT molecular complexity index is 1290. The van der Waals surface area contributed by atoms with Crippen LogP contribution in [-0.4, -0.2) is 59.7 Å². The third-order valence-electron chi connectivity index (χ3n) is 6.44. The lowest BCUT2D eigenvalue weighted by Gasteiger charge is -2.41. The molecule has 182 valence electrons. The average Bonchev–Trinajstić information content (AvgIpc) is 2.83. The second kappa shape index (κ2) is 8.93. The van der Waals surface area contributed by atoms with Crippen molar-refractivity contribution in [2.75, 3.05) is 14.2 Å². The predicted octanol–water partition coefficient (Wildman–Crippen LogP) is 0.304.